The van der Waals surface area contributed by atoms with Gasteiger partial charge in [-0.25, -0.2) is 0 Å². The Kier molecular flexibility index (Phi) is 1.80. The van der Waals surface area contributed by atoms with Gasteiger partial charge in [-0.15, -0.1) is 11.8 Å². The molecule has 1 aliphatic heterocycles. The largest absolute Gasteiger partial charge is 0.330 e. The van der Waals surface area contributed by atoms with Gasteiger partial charge in [-0.1, -0.05) is 0 Å². The molecule has 0 atom stereocenters. The van der Waals surface area contributed by atoms with Crippen molar-refractivity contribution in [3.63, 3.8) is 0 Å². The van der Waals surface area contributed by atoms with E-state index in [1.54, 1.807) is 11.8 Å². The second kappa shape index (κ2) is 2.44. The smallest absolute Gasteiger partial charge is 0.293 e. The molecular formula is C3H4O2S. The lowest BCUT2D eigenvalue weighted by Gasteiger charge is -2.06. The highest BCUT2D eigenvalue weighted by Crippen LogP contribution is 2.08. The first-order valence-corrected chi connectivity index (χ1v) is 2.72. The van der Waals surface area contributed by atoms with Crippen molar-refractivity contribution in [2.24, 2.45) is 0 Å². The first-order valence-electron chi connectivity index (χ1n) is 1.56. The average Bonchev–Trinajstić information content (AvgIpc) is 1.72. The number of rotatable bonds is 0. The predicted octanol–water partition coefficient (Wildman–Crippen LogP) is 0.678. The minimum atomic E-state index is 0.681. The quantitative estimate of drug-likeness (QED) is 0.450. The van der Waals surface area contributed by atoms with E-state index in [0.717, 1.165) is 0 Å². The molecule has 1 rings (SSSR count). The van der Waals surface area contributed by atoms with Gasteiger partial charge in [0, 0.05) is 0 Å². The van der Waals surface area contributed by atoms with Crippen LogP contribution in [0.25, 0.3) is 0 Å². The fourth-order valence-corrected chi connectivity index (χ4v) is 0.538. The zero-order valence-electron chi connectivity index (χ0n) is 3.14. The van der Waals surface area contributed by atoms with Gasteiger partial charge in [-0.2, -0.15) is 0 Å². The van der Waals surface area contributed by atoms with Crippen LogP contribution in [0.4, 0.5) is 0 Å². The fourth-order valence-electron chi connectivity index (χ4n) is 0.207. The van der Waals surface area contributed by atoms with Crippen LogP contribution in [0.2, 0.25) is 0 Å². The zero-order valence-corrected chi connectivity index (χ0v) is 3.96. The van der Waals surface area contributed by atoms with Gasteiger partial charge < -0.3 is 9.47 Å². The molecule has 0 saturated carbocycles. The normalized spacial score (nSPS) is 24.0. The summed E-state index contributed by atoms with van der Waals surface area (Å²) in [6.07, 6.45) is 0. The van der Waals surface area contributed by atoms with Crippen LogP contribution >= 0.6 is 11.8 Å². The summed E-state index contributed by atoms with van der Waals surface area (Å²) >= 11 is 1.59. The molecule has 0 aromatic rings. The van der Waals surface area contributed by atoms with Crippen LogP contribution in [0.1, 0.15) is 0 Å². The molecule has 0 N–H and O–H groups in total. The minimum absolute atomic E-state index is 0.681. The standard InChI is InChI=1S/C3H4O2S/c1-4-2-6-3-5-1/h2-3H2. The number of hydrogen-bond acceptors (Lipinski definition) is 3. The first kappa shape index (κ1) is 4.43. The third-order valence-electron chi connectivity index (χ3n) is 0.402. The lowest BCUT2D eigenvalue weighted by Crippen LogP contribution is -2.00. The van der Waals surface area contributed by atoms with E-state index in [-0.39, 0.29) is 0 Å². The van der Waals surface area contributed by atoms with Crippen molar-refractivity contribution in [1.82, 2.24) is 0 Å². The zero-order chi connectivity index (χ0) is 4.24. The maximum Gasteiger partial charge on any atom is 0.293 e. The Morgan fingerprint density at radius 1 is 1.33 bits per heavy atom. The van der Waals surface area contributed by atoms with Crippen molar-refractivity contribution < 1.29 is 9.47 Å². The average molecular weight is 104 g/mol. The van der Waals surface area contributed by atoms with Crippen LogP contribution in [0.15, 0.2) is 0 Å². The summed E-state index contributed by atoms with van der Waals surface area (Å²) in [6, 6.07) is 0. The van der Waals surface area contributed by atoms with E-state index >= 15 is 0 Å². The van der Waals surface area contributed by atoms with E-state index in [2.05, 4.69) is 16.3 Å². The highest BCUT2D eigenvalue weighted by molar-refractivity contribution is 7.99. The van der Waals surface area contributed by atoms with Gasteiger partial charge in [0.2, 0.25) is 0 Å². The maximum atomic E-state index is 4.56. The van der Waals surface area contributed by atoms with Gasteiger partial charge in [0.05, 0.1) is 11.9 Å². The van der Waals surface area contributed by atoms with Gasteiger partial charge in [0.25, 0.3) is 6.79 Å². The molecule has 0 bridgehead atoms. The molecule has 0 aromatic carbocycles. The number of thioether (sulfide) groups is 1. The molecule has 1 saturated heterocycles. The van der Waals surface area contributed by atoms with Crippen molar-refractivity contribution >= 4 is 11.8 Å². The van der Waals surface area contributed by atoms with Crippen molar-refractivity contribution in [2.75, 3.05) is 11.9 Å². The molecule has 0 aliphatic carbocycles. The van der Waals surface area contributed by atoms with Crippen LogP contribution in [0.5, 0.6) is 0 Å². The van der Waals surface area contributed by atoms with Crippen LogP contribution in [0, 0.1) is 6.79 Å². The Labute approximate surface area is 40.8 Å². The maximum absolute atomic E-state index is 4.56. The second-order valence-corrected chi connectivity index (χ2v) is 1.69. The first-order chi connectivity index (χ1) is 3.00. The predicted molar refractivity (Wildman–Crippen MR) is 22.7 cm³/mol. The van der Waals surface area contributed by atoms with E-state index in [0.29, 0.717) is 11.9 Å². The number of ether oxygens (including phenoxy) is 2. The molecule has 1 heterocycles. The summed E-state index contributed by atoms with van der Waals surface area (Å²) in [5.74, 6) is 1.36. The van der Waals surface area contributed by atoms with Gasteiger partial charge in [-0.3, -0.25) is 0 Å². The third kappa shape index (κ3) is 1.16. The van der Waals surface area contributed by atoms with Gasteiger partial charge in [0.1, 0.15) is 0 Å². The van der Waals surface area contributed by atoms with Crippen LogP contribution in [-0.4, -0.2) is 11.9 Å². The summed E-state index contributed by atoms with van der Waals surface area (Å²) in [6.45, 7) is 2.26. The summed E-state index contributed by atoms with van der Waals surface area (Å²) in [4.78, 5) is 0. The van der Waals surface area contributed by atoms with E-state index in [1.165, 1.54) is 0 Å². The Morgan fingerprint density at radius 3 is 2.17 bits per heavy atom. The van der Waals surface area contributed by atoms with E-state index in [4.69, 9.17) is 0 Å². The monoisotopic (exact) mass is 104 g/mol. The summed E-state index contributed by atoms with van der Waals surface area (Å²) in [7, 11) is 0. The number of hydrogen-bond donors (Lipinski definition) is 0. The van der Waals surface area contributed by atoms with E-state index in [9.17, 15) is 0 Å². The molecule has 34 valence electrons. The van der Waals surface area contributed by atoms with Crippen molar-refractivity contribution in [2.45, 2.75) is 0 Å². The molecule has 2 radical (unpaired) electrons. The van der Waals surface area contributed by atoms with Crippen LogP contribution in [0.3, 0.4) is 0 Å². The van der Waals surface area contributed by atoms with Gasteiger partial charge in [-0.05, 0) is 0 Å². The second-order valence-electron chi connectivity index (χ2n) is 0.812. The van der Waals surface area contributed by atoms with Crippen molar-refractivity contribution in [3.8, 4) is 0 Å². The summed E-state index contributed by atoms with van der Waals surface area (Å²) in [5.41, 5.74) is 0. The molecule has 3 heteroatoms. The topological polar surface area (TPSA) is 18.5 Å². The summed E-state index contributed by atoms with van der Waals surface area (Å²) in [5, 5.41) is 0. The lowest BCUT2D eigenvalue weighted by atomic mass is 11.3. The Bertz CT molecular complexity index is 24.3. The van der Waals surface area contributed by atoms with Crippen molar-refractivity contribution in [3.05, 3.63) is 6.79 Å². The molecule has 2 nitrogen and oxygen atoms in total. The summed E-state index contributed by atoms with van der Waals surface area (Å²) < 4.78 is 9.12. The van der Waals surface area contributed by atoms with E-state index in [1.807, 2.05) is 0 Å². The molecule has 0 aromatic heterocycles. The third-order valence-corrected chi connectivity index (χ3v) is 0.971. The van der Waals surface area contributed by atoms with Gasteiger partial charge >= 0.3 is 0 Å². The molecule has 0 unspecified atom stereocenters. The Balaban J connectivity index is 2.00. The molecule has 1 aliphatic rings. The Hall–Kier alpha value is 0.270. The van der Waals surface area contributed by atoms with Crippen LogP contribution < -0.4 is 0 Å². The van der Waals surface area contributed by atoms with Crippen LogP contribution in [-0.2, 0) is 9.47 Å². The Morgan fingerprint density at radius 2 is 2.00 bits per heavy atom. The lowest BCUT2D eigenvalue weighted by molar-refractivity contribution is 0.0496. The molecule has 0 amide bonds. The minimum Gasteiger partial charge on any atom is -0.330 e. The van der Waals surface area contributed by atoms with E-state index < -0.39 is 0 Å². The highest BCUT2D eigenvalue weighted by Gasteiger charge is 1.97. The highest BCUT2D eigenvalue weighted by atomic mass is 32.2. The fraction of sp³-hybridized carbons (Fsp3) is 0.667. The molecule has 0 spiro atoms. The molecular weight excluding hydrogens is 100 g/mol. The van der Waals surface area contributed by atoms with Gasteiger partial charge in [0.15, 0.2) is 0 Å². The van der Waals surface area contributed by atoms with Crippen molar-refractivity contribution in [1.29, 1.82) is 0 Å². The molecule has 6 heavy (non-hydrogen) atoms. The molecule has 1 fully saturated rings. The SMILES string of the molecule is [C]1OCSCO1.